The Labute approximate surface area is 96.6 Å². The van der Waals surface area contributed by atoms with E-state index in [-0.39, 0.29) is 6.03 Å². The monoisotopic (exact) mass is 224 g/mol. The average molecular weight is 224 g/mol. The number of hydrogen-bond acceptors (Lipinski definition) is 2. The molecule has 0 atom stereocenters. The molecule has 4 nitrogen and oxygen atoms in total. The first-order valence-corrected chi connectivity index (χ1v) is 5.83. The molecule has 0 unspecified atom stereocenters. The Morgan fingerprint density at radius 1 is 1.50 bits per heavy atom. The number of amides is 2. The molecule has 1 rings (SSSR count). The third-order valence-electron chi connectivity index (χ3n) is 2.40. The topological polar surface area (TPSA) is 45.5 Å². The summed E-state index contributed by atoms with van der Waals surface area (Å²) in [5, 5.41) is 2.89. The van der Waals surface area contributed by atoms with Crippen molar-refractivity contribution in [2.45, 2.75) is 33.2 Å². The molecule has 0 saturated heterocycles. The SMILES string of the molecule is CCCCNC(=O)N(CC)Cc1ccco1. The number of nitrogens with one attached hydrogen (secondary N) is 1. The maximum absolute atomic E-state index is 11.7. The van der Waals surface area contributed by atoms with Gasteiger partial charge in [0.1, 0.15) is 5.76 Å². The van der Waals surface area contributed by atoms with Gasteiger partial charge in [-0.25, -0.2) is 4.79 Å². The van der Waals surface area contributed by atoms with E-state index in [4.69, 9.17) is 4.42 Å². The number of rotatable bonds is 6. The van der Waals surface area contributed by atoms with Crippen molar-refractivity contribution in [3.8, 4) is 0 Å². The van der Waals surface area contributed by atoms with E-state index in [0.717, 1.165) is 25.1 Å². The number of furan rings is 1. The van der Waals surface area contributed by atoms with Crippen molar-refractivity contribution in [1.82, 2.24) is 10.2 Å². The van der Waals surface area contributed by atoms with Crippen molar-refractivity contribution in [2.75, 3.05) is 13.1 Å². The molecular formula is C12H20N2O2. The Hall–Kier alpha value is -1.45. The zero-order valence-corrected chi connectivity index (χ0v) is 10.0. The summed E-state index contributed by atoms with van der Waals surface area (Å²) in [4.78, 5) is 13.5. The largest absolute Gasteiger partial charge is 0.467 e. The second kappa shape index (κ2) is 6.93. The number of carbonyl (C=O) groups excluding carboxylic acids is 1. The molecule has 0 aromatic carbocycles. The molecule has 0 saturated carbocycles. The maximum Gasteiger partial charge on any atom is 0.317 e. The number of nitrogens with zero attached hydrogens (tertiary/aromatic N) is 1. The molecule has 1 aromatic rings. The van der Waals surface area contributed by atoms with Gasteiger partial charge in [0.05, 0.1) is 12.8 Å². The van der Waals surface area contributed by atoms with Crippen LogP contribution in [0.4, 0.5) is 4.79 Å². The van der Waals surface area contributed by atoms with E-state index in [1.165, 1.54) is 0 Å². The standard InChI is InChI=1S/C12H20N2O2/c1-3-5-8-13-12(15)14(4-2)10-11-7-6-9-16-11/h6-7,9H,3-5,8,10H2,1-2H3,(H,13,15). The van der Waals surface area contributed by atoms with Crippen LogP contribution >= 0.6 is 0 Å². The number of hydrogen-bond donors (Lipinski definition) is 1. The summed E-state index contributed by atoms with van der Waals surface area (Å²) < 4.78 is 5.22. The number of urea groups is 1. The van der Waals surface area contributed by atoms with Crippen LogP contribution in [0.3, 0.4) is 0 Å². The van der Waals surface area contributed by atoms with E-state index in [9.17, 15) is 4.79 Å². The molecule has 1 aromatic heterocycles. The van der Waals surface area contributed by atoms with Gasteiger partial charge < -0.3 is 14.6 Å². The fourth-order valence-corrected chi connectivity index (χ4v) is 1.40. The second-order valence-corrected chi connectivity index (χ2v) is 3.68. The molecular weight excluding hydrogens is 204 g/mol. The Morgan fingerprint density at radius 2 is 2.31 bits per heavy atom. The molecule has 2 amide bonds. The van der Waals surface area contributed by atoms with Crippen molar-refractivity contribution in [1.29, 1.82) is 0 Å². The van der Waals surface area contributed by atoms with Gasteiger partial charge >= 0.3 is 6.03 Å². The molecule has 16 heavy (non-hydrogen) atoms. The van der Waals surface area contributed by atoms with E-state index in [1.54, 1.807) is 11.2 Å². The smallest absolute Gasteiger partial charge is 0.317 e. The first-order chi connectivity index (χ1) is 7.77. The molecule has 0 bridgehead atoms. The highest BCUT2D eigenvalue weighted by Gasteiger charge is 2.12. The normalized spacial score (nSPS) is 10.1. The Balaban J connectivity index is 2.38. The van der Waals surface area contributed by atoms with Crippen LogP contribution in [0.2, 0.25) is 0 Å². The van der Waals surface area contributed by atoms with Gasteiger partial charge in [-0.05, 0) is 25.5 Å². The van der Waals surface area contributed by atoms with Crippen LogP contribution in [0.1, 0.15) is 32.4 Å². The van der Waals surface area contributed by atoms with E-state index >= 15 is 0 Å². The molecule has 0 aliphatic heterocycles. The van der Waals surface area contributed by atoms with Gasteiger partial charge in [-0.2, -0.15) is 0 Å². The Kier molecular flexibility index (Phi) is 5.46. The summed E-state index contributed by atoms with van der Waals surface area (Å²) in [6.07, 6.45) is 3.73. The highest BCUT2D eigenvalue weighted by molar-refractivity contribution is 5.73. The van der Waals surface area contributed by atoms with E-state index < -0.39 is 0 Å². The van der Waals surface area contributed by atoms with Crippen molar-refractivity contribution < 1.29 is 9.21 Å². The van der Waals surface area contributed by atoms with Crippen LogP contribution in [-0.2, 0) is 6.54 Å². The van der Waals surface area contributed by atoms with Gasteiger partial charge in [0.25, 0.3) is 0 Å². The summed E-state index contributed by atoms with van der Waals surface area (Å²) >= 11 is 0. The summed E-state index contributed by atoms with van der Waals surface area (Å²) in [6, 6.07) is 3.69. The van der Waals surface area contributed by atoms with Crippen LogP contribution in [0.15, 0.2) is 22.8 Å². The zero-order chi connectivity index (χ0) is 11.8. The lowest BCUT2D eigenvalue weighted by Gasteiger charge is -2.20. The molecule has 0 radical (unpaired) electrons. The van der Waals surface area contributed by atoms with Crippen LogP contribution in [0.5, 0.6) is 0 Å². The lowest BCUT2D eigenvalue weighted by molar-refractivity contribution is 0.193. The zero-order valence-electron chi connectivity index (χ0n) is 10.0. The molecule has 0 fully saturated rings. The van der Waals surface area contributed by atoms with Crippen LogP contribution in [-0.4, -0.2) is 24.0 Å². The highest BCUT2D eigenvalue weighted by Crippen LogP contribution is 2.05. The Morgan fingerprint density at radius 3 is 2.88 bits per heavy atom. The fraction of sp³-hybridized carbons (Fsp3) is 0.583. The van der Waals surface area contributed by atoms with Crippen LogP contribution < -0.4 is 5.32 Å². The van der Waals surface area contributed by atoms with Gasteiger partial charge in [0, 0.05) is 13.1 Å². The van der Waals surface area contributed by atoms with Crippen molar-refractivity contribution in [3.05, 3.63) is 24.2 Å². The van der Waals surface area contributed by atoms with E-state index in [2.05, 4.69) is 12.2 Å². The maximum atomic E-state index is 11.7. The summed E-state index contributed by atoms with van der Waals surface area (Å²) in [7, 11) is 0. The minimum Gasteiger partial charge on any atom is -0.467 e. The first kappa shape index (κ1) is 12.6. The molecule has 0 aliphatic carbocycles. The summed E-state index contributed by atoms with van der Waals surface area (Å²) in [6.45, 7) is 6.01. The lowest BCUT2D eigenvalue weighted by Crippen LogP contribution is -2.39. The molecule has 0 aliphatic rings. The van der Waals surface area contributed by atoms with Gasteiger partial charge in [-0.15, -0.1) is 0 Å². The molecule has 4 heteroatoms. The van der Waals surface area contributed by atoms with Gasteiger partial charge in [0.15, 0.2) is 0 Å². The minimum atomic E-state index is -0.0210. The predicted octanol–water partition coefficient (Wildman–Crippen LogP) is 2.61. The van der Waals surface area contributed by atoms with Crippen molar-refractivity contribution in [2.24, 2.45) is 0 Å². The third kappa shape index (κ3) is 3.96. The Bertz CT molecular complexity index is 296. The first-order valence-electron chi connectivity index (χ1n) is 5.83. The van der Waals surface area contributed by atoms with Gasteiger partial charge in [0.2, 0.25) is 0 Å². The van der Waals surface area contributed by atoms with Gasteiger partial charge in [-0.3, -0.25) is 0 Å². The molecule has 1 heterocycles. The number of carbonyl (C=O) groups is 1. The van der Waals surface area contributed by atoms with Gasteiger partial charge in [-0.1, -0.05) is 13.3 Å². The molecule has 90 valence electrons. The fourth-order valence-electron chi connectivity index (χ4n) is 1.40. The average Bonchev–Trinajstić information content (AvgIpc) is 2.78. The lowest BCUT2D eigenvalue weighted by atomic mass is 10.3. The van der Waals surface area contributed by atoms with Crippen LogP contribution in [0.25, 0.3) is 0 Å². The molecule has 0 spiro atoms. The second-order valence-electron chi connectivity index (χ2n) is 3.68. The minimum absolute atomic E-state index is 0.0210. The van der Waals surface area contributed by atoms with E-state index in [1.807, 2.05) is 19.1 Å². The van der Waals surface area contributed by atoms with Crippen LogP contribution in [0, 0.1) is 0 Å². The third-order valence-corrected chi connectivity index (χ3v) is 2.40. The highest BCUT2D eigenvalue weighted by atomic mass is 16.3. The quantitative estimate of drug-likeness (QED) is 0.755. The van der Waals surface area contributed by atoms with Crippen molar-refractivity contribution >= 4 is 6.03 Å². The molecule has 1 N–H and O–H groups in total. The predicted molar refractivity (Wildman–Crippen MR) is 63.1 cm³/mol. The number of unbranched alkanes of at least 4 members (excludes halogenated alkanes) is 1. The van der Waals surface area contributed by atoms with Crippen molar-refractivity contribution in [3.63, 3.8) is 0 Å². The summed E-state index contributed by atoms with van der Waals surface area (Å²) in [5.74, 6) is 0.812. The van der Waals surface area contributed by atoms with E-state index in [0.29, 0.717) is 13.1 Å². The summed E-state index contributed by atoms with van der Waals surface area (Å²) in [5.41, 5.74) is 0.